The maximum Gasteiger partial charge on any atom is 0.322 e. The SMILES string of the molecule is COCCN(Cc1nc(C(=O)NC2CCN(Cc3ccccc3)CC2)cs1)C(=O)Nc1ccc(Cl)cc1. The average Bonchev–Trinajstić information content (AvgIpc) is 3.38. The van der Waals surface area contributed by atoms with E-state index in [0.717, 1.165) is 32.5 Å². The second-order valence-electron chi connectivity index (χ2n) is 8.99. The van der Waals surface area contributed by atoms with Crippen molar-refractivity contribution >= 4 is 40.6 Å². The summed E-state index contributed by atoms with van der Waals surface area (Å²) >= 11 is 7.30. The largest absolute Gasteiger partial charge is 0.383 e. The van der Waals surface area contributed by atoms with Gasteiger partial charge in [0.05, 0.1) is 13.2 Å². The summed E-state index contributed by atoms with van der Waals surface area (Å²) < 4.78 is 5.17. The number of hydrogen-bond acceptors (Lipinski definition) is 6. The third-order valence-electron chi connectivity index (χ3n) is 6.23. The zero-order valence-electron chi connectivity index (χ0n) is 20.9. The summed E-state index contributed by atoms with van der Waals surface area (Å²) in [5.41, 5.74) is 2.34. The minimum absolute atomic E-state index is 0.132. The van der Waals surface area contributed by atoms with Crippen molar-refractivity contribution in [2.45, 2.75) is 32.0 Å². The maximum atomic E-state index is 12.9. The molecule has 1 aromatic heterocycles. The number of amides is 3. The number of aromatic nitrogens is 1. The summed E-state index contributed by atoms with van der Waals surface area (Å²) in [6, 6.07) is 17.2. The Hall–Kier alpha value is -2.98. The van der Waals surface area contributed by atoms with Crippen LogP contribution in [-0.4, -0.2) is 66.1 Å². The lowest BCUT2D eigenvalue weighted by atomic mass is 10.0. The molecule has 0 atom stereocenters. The van der Waals surface area contributed by atoms with E-state index in [1.165, 1.54) is 16.9 Å². The molecule has 0 unspecified atom stereocenters. The summed E-state index contributed by atoms with van der Waals surface area (Å²) in [4.78, 5) is 34.3. The molecule has 3 aromatic rings. The van der Waals surface area contributed by atoms with E-state index in [1.807, 2.05) is 6.07 Å². The van der Waals surface area contributed by atoms with Crippen LogP contribution < -0.4 is 10.6 Å². The number of halogens is 1. The van der Waals surface area contributed by atoms with Crippen molar-refractivity contribution < 1.29 is 14.3 Å². The van der Waals surface area contributed by atoms with Gasteiger partial charge in [0.15, 0.2) is 0 Å². The highest BCUT2D eigenvalue weighted by molar-refractivity contribution is 7.09. The number of anilines is 1. The minimum Gasteiger partial charge on any atom is -0.383 e. The van der Waals surface area contributed by atoms with Crippen molar-refractivity contribution in [1.29, 1.82) is 0 Å². The predicted octanol–water partition coefficient (Wildman–Crippen LogP) is 4.87. The average molecular weight is 542 g/mol. The number of benzene rings is 2. The third kappa shape index (κ3) is 8.26. The van der Waals surface area contributed by atoms with E-state index in [4.69, 9.17) is 16.3 Å². The number of rotatable bonds is 10. The van der Waals surface area contributed by atoms with Gasteiger partial charge in [0.1, 0.15) is 10.7 Å². The molecule has 2 N–H and O–H groups in total. The Morgan fingerprint density at radius 2 is 1.86 bits per heavy atom. The van der Waals surface area contributed by atoms with Gasteiger partial charge in [0.2, 0.25) is 0 Å². The van der Waals surface area contributed by atoms with Crippen LogP contribution in [0.15, 0.2) is 60.0 Å². The third-order valence-corrected chi connectivity index (χ3v) is 7.32. The number of piperidine rings is 1. The standard InChI is InChI=1S/C27H32ClN5O3S/c1-36-16-15-33(27(35)30-22-9-7-21(28)8-10-22)18-25-31-24(19-37-25)26(34)29-23-11-13-32(14-12-23)17-20-5-3-2-4-6-20/h2-10,19,23H,11-18H2,1H3,(H,29,34)(H,30,35). The number of ether oxygens (including phenoxy) is 1. The van der Waals surface area contributed by atoms with E-state index in [9.17, 15) is 9.59 Å². The molecular weight excluding hydrogens is 510 g/mol. The molecule has 2 heterocycles. The summed E-state index contributed by atoms with van der Waals surface area (Å²) in [6.45, 7) is 3.87. The summed E-state index contributed by atoms with van der Waals surface area (Å²) in [7, 11) is 1.59. The van der Waals surface area contributed by atoms with Gasteiger partial charge < -0.3 is 20.3 Å². The Labute approximate surface area is 226 Å². The maximum absolute atomic E-state index is 12.9. The van der Waals surface area contributed by atoms with E-state index in [2.05, 4.69) is 44.8 Å². The number of urea groups is 1. The number of likely N-dealkylation sites (tertiary alicyclic amines) is 1. The van der Waals surface area contributed by atoms with Gasteiger partial charge in [0, 0.05) is 55.4 Å². The molecule has 196 valence electrons. The molecule has 1 aliphatic rings. The normalized spacial score (nSPS) is 14.3. The molecule has 0 bridgehead atoms. The number of hydrogen-bond donors (Lipinski definition) is 2. The van der Waals surface area contributed by atoms with Gasteiger partial charge in [-0.15, -0.1) is 11.3 Å². The van der Waals surface area contributed by atoms with Crippen LogP contribution in [0.2, 0.25) is 5.02 Å². The fourth-order valence-electron chi connectivity index (χ4n) is 4.18. The number of methoxy groups -OCH3 is 1. The van der Waals surface area contributed by atoms with Crippen molar-refractivity contribution in [2.75, 3.05) is 38.7 Å². The van der Waals surface area contributed by atoms with Gasteiger partial charge in [-0.3, -0.25) is 9.69 Å². The van der Waals surface area contributed by atoms with Crippen LogP contribution in [0.25, 0.3) is 0 Å². The first-order chi connectivity index (χ1) is 18.0. The quantitative estimate of drug-likeness (QED) is 0.382. The molecule has 0 radical (unpaired) electrons. The van der Waals surface area contributed by atoms with Gasteiger partial charge in [0.25, 0.3) is 5.91 Å². The Bertz CT molecular complexity index is 1150. The van der Waals surface area contributed by atoms with Crippen LogP contribution in [0.3, 0.4) is 0 Å². The lowest BCUT2D eigenvalue weighted by Crippen LogP contribution is -2.44. The van der Waals surface area contributed by atoms with Gasteiger partial charge in [-0.2, -0.15) is 0 Å². The van der Waals surface area contributed by atoms with Crippen molar-refractivity contribution in [3.63, 3.8) is 0 Å². The van der Waals surface area contributed by atoms with Crippen molar-refractivity contribution in [1.82, 2.24) is 20.1 Å². The fraction of sp³-hybridized carbons (Fsp3) is 0.370. The molecule has 0 spiro atoms. The first kappa shape index (κ1) is 27.1. The summed E-state index contributed by atoms with van der Waals surface area (Å²) in [5.74, 6) is -0.168. The molecule has 1 fully saturated rings. The Balaban J connectivity index is 1.28. The van der Waals surface area contributed by atoms with Crippen molar-refractivity contribution in [3.05, 3.63) is 81.3 Å². The van der Waals surface area contributed by atoms with Crippen LogP contribution in [0.1, 0.15) is 33.9 Å². The monoisotopic (exact) mass is 541 g/mol. The highest BCUT2D eigenvalue weighted by atomic mass is 35.5. The van der Waals surface area contributed by atoms with Crippen LogP contribution in [0.4, 0.5) is 10.5 Å². The summed E-state index contributed by atoms with van der Waals surface area (Å²) in [5, 5.41) is 9.04. The molecule has 0 aliphatic carbocycles. The van der Waals surface area contributed by atoms with Gasteiger partial charge in [-0.1, -0.05) is 41.9 Å². The topological polar surface area (TPSA) is 86.8 Å². The lowest BCUT2D eigenvalue weighted by Gasteiger charge is -2.32. The van der Waals surface area contributed by atoms with Gasteiger partial charge in [-0.25, -0.2) is 9.78 Å². The van der Waals surface area contributed by atoms with E-state index in [0.29, 0.717) is 34.6 Å². The Morgan fingerprint density at radius 3 is 2.57 bits per heavy atom. The molecule has 2 aromatic carbocycles. The lowest BCUT2D eigenvalue weighted by molar-refractivity contribution is 0.0904. The van der Waals surface area contributed by atoms with Crippen molar-refractivity contribution in [3.8, 4) is 0 Å². The van der Waals surface area contributed by atoms with E-state index in [1.54, 1.807) is 41.7 Å². The number of nitrogens with one attached hydrogen (secondary N) is 2. The molecule has 1 aliphatic heterocycles. The van der Waals surface area contributed by atoms with Crippen LogP contribution in [0.5, 0.6) is 0 Å². The second kappa shape index (κ2) is 13.5. The van der Waals surface area contributed by atoms with Crippen LogP contribution >= 0.6 is 22.9 Å². The number of carbonyl (C=O) groups is 2. The molecule has 10 heteroatoms. The Kier molecular flexibility index (Phi) is 9.90. The van der Waals surface area contributed by atoms with Crippen LogP contribution in [0, 0.1) is 0 Å². The highest BCUT2D eigenvalue weighted by Gasteiger charge is 2.23. The molecule has 3 amide bonds. The molecule has 8 nitrogen and oxygen atoms in total. The highest BCUT2D eigenvalue weighted by Crippen LogP contribution is 2.18. The molecular formula is C27H32ClN5O3S. The van der Waals surface area contributed by atoms with Crippen molar-refractivity contribution in [2.24, 2.45) is 0 Å². The van der Waals surface area contributed by atoms with Crippen LogP contribution in [-0.2, 0) is 17.8 Å². The van der Waals surface area contributed by atoms with Gasteiger partial charge in [-0.05, 0) is 42.7 Å². The van der Waals surface area contributed by atoms with Gasteiger partial charge >= 0.3 is 6.03 Å². The molecule has 4 rings (SSSR count). The first-order valence-electron chi connectivity index (χ1n) is 12.3. The Morgan fingerprint density at radius 1 is 1.14 bits per heavy atom. The summed E-state index contributed by atoms with van der Waals surface area (Å²) in [6.07, 6.45) is 1.82. The smallest absolute Gasteiger partial charge is 0.322 e. The second-order valence-corrected chi connectivity index (χ2v) is 10.4. The molecule has 0 saturated carbocycles. The number of carbonyl (C=O) groups excluding carboxylic acids is 2. The number of nitrogens with zero attached hydrogens (tertiary/aromatic N) is 3. The predicted molar refractivity (Wildman–Crippen MR) is 147 cm³/mol. The number of thiazole rings is 1. The molecule has 37 heavy (non-hydrogen) atoms. The fourth-order valence-corrected chi connectivity index (χ4v) is 5.09. The first-order valence-corrected chi connectivity index (χ1v) is 13.6. The minimum atomic E-state index is -0.275. The zero-order valence-corrected chi connectivity index (χ0v) is 22.4. The van der Waals surface area contributed by atoms with E-state index >= 15 is 0 Å². The van der Waals surface area contributed by atoms with E-state index < -0.39 is 0 Å². The van der Waals surface area contributed by atoms with E-state index in [-0.39, 0.29) is 24.5 Å². The molecule has 1 saturated heterocycles. The zero-order chi connectivity index (χ0) is 26.0.